The zero-order chi connectivity index (χ0) is 32.1. The van der Waals surface area contributed by atoms with E-state index < -0.39 is 0 Å². The summed E-state index contributed by atoms with van der Waals surface area (Å²) in [6.07, 6.45) is 0. The summed E-state index contributed by atoms with van der Waals surface area (Å²) in [6.45, 7) is 0. The number of para-hydroxylation sites is 3. The molecule has 7 aromatic carbocycles. The Morgan fingerprint density at radius 3 is 1.35 bits per heavy atom. The number of furan rings is 3. The Morgan fingerprint density at radius 2 is 0.755 bits per heavy atom. The van der Waals surface area contributed by atoms with Crippen LogP contribution < -0.4 is 0 Å². The number of fused-ring (bicyclic) bond motifs is 10. The first-order valence-corrected chi connectivity index (χ1v) is 16.4. The number of nitrogens with zero attached hydrogens (tertiary/aromatic N) is 1. The van der Waals surface area contributed by atoms with Gasteiger partial charge in [-0.25, -0.2) is 4.98 Å². The van der Waals surface area contributed by atoms with Crippen molar-refractivity contribution in [2.75, 3.05) is 0 Å². The summed E-state index contributed by atoms with van der Waals surface area (Å²) in [7, 11) is 0. The maximum Gasteiger partial charge on any atom is 0.154 e. The van der Waals surface area contributed by atoms with Crippen molar-refractivity contribution < 1.29 is 13.3 Å². The zero-order valence-corrected chi connectivity index (χ0v) is 26.1. The highest BCUT2D eigenvalue weighted by atomic mass is 16.3. The van der Waals surface area contributed by atoms with Crippen LogP contribution in [0.2, 0.25) is 0 Å². The van der Waals surface area contributed by atoms with E-state index in [0.29, 0.717) is 0 Å². The predicted molar refractivity (Wildman–Crippen MR) is 200 cm³/mol. The summed E-state index contributed by atoms with van der Waals surface area (Å²) < 4.78 is 18.5. The van der Waals surface area contributed by atoms with Crippen molar-refractivity contribution in [1.82, 2.24) is 4.98 Å². The molecule has 4 aromatic heterocycles. The van der Waals surface area contributed by atoms with Crippen molar-refractivity contribution in [1.29, 1.82) is 0 Å². The summed E-state index contributed by atoms with van der Waals surface area (Å²) in [6, 6.07) is 53.0. The maximum absolute atomic E-state index is 6.20. The highest BCUT2D eigenvalue weighted by Gasteiger charge is 2.15. The van der Waals surface area contributed by atoms with Gasteiger partial charge < -0.3 is 13.3 Å². The van der Waals surface area contributed by atoms with Gasteiger partial charge in [0.1, 0.15) is 33.4 Å². The fourth-order valence-electron chi connectivity index (χ4n) is 7.42. The number of benzene rings is 7. The van der Waals surface area contributed by atoms with Gasteiger partial charge in [0, 0.05) is 32.3 Å². The van der Waals surface area contributed by atoms with Crippen molar-refractivity contribution in [2.24, 2.45) is 0 Å². The van der Waals surface area contributed by atoms with Gasteiger partial charge in [-0.05, 0) is 118 Å². The highest BCUT2D eigenvalue weighted by molar-refractivity contribution is 6.09. The van der Waals surface area contributed by atoms with Gasteiger partial charge >= 0.3 is 0 Å². The molecule has 0 unspecified atom stereocenters. The average molecular weight is 628 g/mol. The van der Waals surface area contributed by atoms with Crippen molar-refractivity contribution in [3.8, 4) is 33.4 Å². The van der Waals surface area contributed by atoms with Crippen LogP contribution in [-0.4, -0.2) is 4.98 Å². The quantitative estimate of drug-likeness (QED) is 0.196. The molecule has 0 spiro atoms. The molecule has 228 valence electrons. The third-order valence-electron chi connectivity index (χ3n) is 9.83. The first-order valence-electron chi connectivity index (χ1n) is 16.4. The molecule has 0 atom stereocenters. The Labute approximate surface area is 279 Å². The van der Waals surface area contributed by atoms with E-state index in [-0.39, 0.29) is 0 Å². The minimum atomic E-state index is 0.793. The molecule has 0 N–H and O–H groups in total. The number of rotatable bonds is 3. The van der Waals surface area contributed by atoms with Crippen molar-refractivity contribution in [3.63, 3.8) is 0 Å². The maximum atomic E-state index is 6.20. The summed E-state index contributed by atoms with van der Waals surface area (Å²) in [5.41, 5.74) is 13.8. The SMILES string of the molecule is c1ccc2c(c1)oc1ccc(-c3cc(-c4ccc5nc6c(cc5c4)oc4ccccc46)cc(-c4ccc5oc6ccccc6c5c4)c3)cc12. The van der Waals surface area contributed by atoms with E-state index in [1.54, 1.807) is 0 Å². The fourth-order valence-corrected chi connectivity index (χ4v) is 7.42. The molecule has 0 aliphatic rings. The van der Waals surface area contributed by atoms with Crippen LogP contribution in [0.25, 0.3) is 110 Å². The molecule has 0 aliphatic heterocycles. The van der Waals surface area contributed by atoms with E-state index in [2.05, 4.69) is 109 Å². The van der Waals surface area contributed by atoms with Gasteiger partial charge in [-0.1, -0.05) is 66.7 Å². The lowest BCUT2D eigenvalue weighted by molar-refractivity contribution is 0.668. The molecule has 0 amide bonds. The summed E-state index contributed by atoms with van der Waals surface area (Å²) >= 11 is 0. The van der Waals surface area contributed by atoms with Crippen LogP contribution in [0.4, 0.5) is 0 Å². The molecule has 49 heavy (non-hydrogen) atoms. The lowest BCUT2D eigenvalue weighted by Gasteiger charge is -2.12. The van der Waals surface area contributed by atoms with Crippen LogP contribution in [0.1, 0.15) is 0 Å². The number of pyridine rings is 1. The second-order valence-electron chi connectivity index (χ2n) is 12.8. The molecule has 0 radical (unpaired) electrons. The van der Waals surface area contributed by atoms with Gasteiger partial charge in [0.15, 0.2) is 5.58 Å². The van der Waals surface area contributed by atoms with Crippen LogP contribution in [-0.2, 0) is 0 Å². The summed E-state index contributed by atoms with van der Waals surface area (Å²) in [5, 5.41) is 6.52. The molecule has 4 nitrogen and oxygen atoms in total. The Hall–Kier alpha value is -6.65. The molecular weight excluding hydrogens is 602 g/mol. The third kappa shape index (κ3) is 4.07. The van der Waals surface area contributed by atoms with Crippen molar-refractivity contribution in [3.05, 3.63) is 152 Å². The van der Waals surface area contributed by atoms with Gasteiger partial charge in [0.2, 0.25) is 0 Å². The molecule has 11 rings (SSSR count). The molecule has 0 aliphatic carbocycles. The second-order valence-corrected chi connectivity index (χ2v) is 12.8. The molecule has 11 aromatic rings. The van der Waals surface area contributed by atoms with E-state index >= 15 is 0 Å². The normalized spacial score (nSPS) is 12.1. The molecule has 4 heterocycles. The second kappa shape index (κ2) is 9.93. The minimum absolute atomic E-state index is 0.793. The highest BCUT2D eigenvalue weighted by Crippen LogP contribution is 2.39. The van der Waals surface area contributed by atoms with Crippen molar-refractivity contribution >= 4 is 76.8 Å². The average Bonchev–Trinajstić information content (AvgIpc) is 3.83. The topological polar surface area (TPSA) is 52.3 Å². The van der Waals surface area contributed by atoms with Gasteiger partial charge in [-0.3, -0.25) is 0 Å². The molecular formula is C45H25NO3. The molecule has 0 bridgehead atoms. The number of hydrogen-bond acceptors (Lipinski definition) is 4. The van der Waals surface area contributed by atoms with Crippen LogP contribution in [0, 0.1) is 0 Å². The van der Waals surface area contributed by atoms with Gasteiger partial charge in [0.05, 0.1) is 5.52 Å². The smallest absolute Gasteiger partial charge is 0.154 e. The Balaban J connectivity index is 1.12. The van der Waals surface area contributed by atoms with Gasteiger partial charge in [0.25, 0.3) is 0 Å². The van der Waals surface area contributed by atoms with E-state index in [1.165, 1.54) is 0 Å². The lowest BCUT2D eigenvalue weighted by Crippen LogP contribution is -1.88. The Bertz CT molecular complexity index is 2990. The van der Waals surface area contributed by atoms with Crippen LogP contribution in [0.5, 0.6) is 0 Å². The largest absolute Gasteiger partial charge is 0.456 e. The first-order chi connectivity index (χ1) is 24.2. The van der Waals surface area contributed by atoms with Gasteiger partial charge in [-0.15, -0.1) is 0 Å². The molecule has 0 fully saturated rings. The molecule has 0 saturated carbocycles. The van der Waals surface area contributed by atoms with Crippen molar-refractivity contribution in [2.45, 2.75) is 0 Å². The van der Waals surface area contributed by atoms with Gasteiger partial charge in [-0.2, -0.15) is 0 Å². The predicted octanol–water partition coefficient (Wildman–Crippen LogP) is 12.9. The van der Waals surface area contributed by atoms with Crippen LogP contribution in [0.3, 0.4) is 0 Å². The van der Waals surface area contributed by atoms with Crippen LogP contribution >= 0.6 is 0 Å². The Morgan fingerprint density at radius 1 is 0.306 bits per heavy atom. The summed E-state index contributed by atoms with van der Waals surface area (Å²) in [5.74, 6) is 0. The zero-order valence-electron chi connectivity index (χ0n) is 26.1. The van der Waals surface area contributed by atoms with E-state index in [0.717, 1.165) is 110 Å². The number of aromatic nitrogens is 1. The molecule has 0 saturated heterocycles. The third-order valence-corrected chi connectivity index (χ3v) is 9.83. The minimum Gasteiger partial charge on any atom is -0.456 e. The summed E-state index contributed by atoms with van der Waals surface area (Å²) in [4.78, 5) is 5.02. The van der Waals surface area contributed by atoms with E-state index in [1.807, 2.05) is 42.5 Å². The van der Waals surface area contributed by atoms with E-state index in [9.17, 15) is 0 Å². The lowest BCUT2D eigenvalue weighted by atomic mass is 9.92. The fraction of sp³-hybridized carbons (Fsp3) is 0. The first kappa shape index (κ1) is 26.4. The number of hydrogen-bond donors (Lipinski definition) is 0. The van der Waals surface area contributed by atoms with E-state index in [4.69, 9.17) is 18.2 Å². The van der Waals surface area contributed by atoms with Crippen LogP contribution in [0.15, 0.2) is 165 Å². The Kier molecular flexibility index (Phi) is 5.35. The standard InChI is InChI=1S/C45H25NO3/c1-4-10-39-33(7-1)36-23-27(14-17-42(36)47-39)30-20-29(21-31(22-30)28-15-18-43-37(24-28)34-8-2-5-11-40(34)48-43)26-13-16-38-32(19-26)25-44-45(46-38)35-9-3-6-12-41(35)49-44/h1-25H. The molecule has 4 heteroatoms. The monoisotopic (exact) mass is 627 g/mol.